The second-order valence-corrected chi connectivity index (χ2v) is 7.17. The molecule has 7 heteroatoms. The molecule has 0 bridgehead atoms. The van der Waals surface area contributed by atoms with Crippen LogP contribution in [0.25, 0.3) is 0 Å². The topological polar surface area (TPSA) is 65.1 Å². The molecule has 0 atom stereocenters. The molecule has 0 saturated heterocycles. The highest BCUT2D eigenvalue weighted by Gasteiger charge is 2.21. The van der Waals surface area contributed by atoms with Gasteiger partial charge in [0.25, 0.3) is 0 Å². The van der Waals surface area contributed by atoms with E-state index in [0.29, 0.717) is 17.2 Å². The molecule has 130 valence electrons. The van der Waals surface area contributed by atoms with Gasteiger partial charge in [-0.25, -0.2) is 8.42 Å². The standard InChI is InChI=1S/C17H21NO5S/c1-18(12-13-5-10-16(22-3)17(11-13)23-4)24(19,20)15-8-6-14(21-2)7-9-15/h5-11H,12H2,1-4H3. The molecule has 0 radical (unpaired) electrons. The van der Waals surface area contributed by atoms with Crippen molar-refractivity contribution in [2.24, 2.45) is 0 Å². The lowest BCUT2D eigenvalue weighted by molar-refractivity contribution is 0.354. The van der Waals surface area contributed by atoms with Crippen molar-refractivity contribution in [2.75, 3.05) is 28.4 Å². The molecule has 0 amide bonds. The van der Waals surface area contributed by atoms with Crippen LogP contribution in [0.1, 0.15) is 5.56 Å². The fraction of sp³-hybridized carbons (Fsp3) is 0.294. The maximum Gasteiger partial charge on any atom is 0.243 e. The Hall–Kier alpha value is -2.25. The van der Waals surface area contributed by atoms with E-state index in [2.05, 4.69) is 0 Å². The molecule has 2 aromatic rings. The smallest absolute Gasteiger partial charge is 0.243 e. The molecule has 24 heavy (non-hydrogen) atoms. The molecule has 0 aliphatic rings. The van der Waals surface area contributed by atoms with Crippen LogP contribution in [0, 0.1) is 0 Å². The molecule has 0 aromatic heterocycles. The quantitative estimate of drug-likeness (QED) is 0.767. The maximum absolute atomic E-state index is 12.6. The zero-order valence-corrected chi connectivity index (χ0v) is 15.0. The van der Waals surface area contributed by atoms with Crippen LogP contribution in [0.3, 0.4) is 0 Å². The summed E-state index contributed by atoms with van der Waals surface area (Å²) < 4.78 is 42.1. The van der Waals surface area contributed by atoms with Crippen LogP contribution in [-0.2, 0) is 16.6 Å². The van der Waals surface area contributed by atoms with Crippen LogP contribution in [0.5, 0.6) is 17.2 Å². The van der Waals surface area contributed by atoms with Crippen molar-refractivity contribution < 1.29 is 22.6 Å². The average molecular weight is 351 g/mol. The van der Waals surface area contributed by atoms with Gasteiger partial charge in [-0.1, -0.05) is 6.07 Å². The molecule has 6 nitrogen and oxygen atoms in total. The minimum absolute atomic E-state index is 0.214. The van der Waals surface area contributed by atoms with Gasteiger partial charge in [0.15, 0.2) is 11.5 Å². The zero-order chi connectivity index (χ0) is 17.7. The first-order valence-electron chi connectivity index (χ1n) is 7.23. The minimum atomic E-state index is -3.59. The molecule has 0 unspecified atom stereocenters. The lowest BCUT2D eigenvalue weighted by Gasteiger charge is -2.18. The highest BCUT2D eigenvalue weighted by molar-refractivity contribution is 7.89. The van der Waals surface area contributed by atoms with Gasteiger partial charge < -0.3 is 14.2 Å². The fourth-order valence-electron chi connectivity index (χ4n) is 2.25. The number of sulfonamides is 1. The van der Waals surface area contributed by atoms with E-state index in [0.717, 1.165) is 5.56 Å². The highest BCUT2D eigenvalue weighted by atomic mass is 32.2. The number of hydrogen-bond acceptors (Lipinski definition) is 5. The van der Waals surface area contributed by atoms with Gasteiger partial charge in [0.05, 0.1) is 26.2 Å². The van der Waals surface area contributed by atoms with E-state index < -0.39 is 10.0 Å². The Kier molecular flexibility index (Phi) is 5.69. The summed E-state index contributed by atoms with van der Waals surface area (Å²) in [5.41, 5.74) is 0.798. The second-order valence-electron chi connectivity index (χ2n) is 5.13. The number of methoxy groups -OCH3 is 3. The molecule has 0 spiro atoms. The lowest BCUT2D eigenvalue weighted by Crippen LogP contribution is -2.26. The molecule has 0 saturated carbocycles. The van der Waals surface area contributed by atoms with Gasteiger partial charge in [0.1, 0.15) is 5.75 Å². The Morgan fingerprint density at radius 2 is 1.50 bits per heavy atom. The molecular weight excluding hydrogens is 330 g/mol. The minimum Gasteiger partial charge on any atom is -0.497 e. The van der Waals surface area contributed by atoms with Gasteiger partial charge in [-0.2, -0.15) is 4.31 Å². The molecule has 2 rings (SSSR count). The highest BCUT2D eigenvalue weighted by Crippen LogP contribution is 2.28. The number of hydrogen-bond donors (Lipinski definition) is 0. The molecule has 0 N–H and O–H groups in total. The summed E-state index contributed by atoms with van der Waals surface area (Å²) in [6.07, 6.45) is 0. The zero-order valence-electron chi connectivity index (χ0n) is 14.1. The van der Waals surface area contributed by atoms with E-state index >= 15 is 0 Å². The number of benzene rings is 2. The van der Waals surface area contributed by atoms with E-state index in [1.807, 2.05) is 0 Å². The van der Waals surface area contributed by atoms with Gasteiger partial charge in [0.2, 0.25) is 10.0 Å². The van der Waals surface area contributed by atoms with E-state index in [1.54, 1.807) is 44.6 Å². The number of ether oxygens (including phenoxy) is 3. The van der Waals surface area contributed by atoms with Crippen molar-refractivity contribution in [1.29, 1.82) is 0 Å². The van der Waals surface area contributed by atoms with Gasteiger partial charge in [0, 0.05) is 13.6 Å². The molecular formula is C17H21NO5S. The predicted molar refractivity (Wildman–Crippen MR) is 91.2 cm³/mol. The van der Waals surface area contributed by atoms with Crippen molar-refractivity contribution in [2.45, 2.75) is 11.4 Å². The van der Waals surface area contributed by atoms with Crippen molar-refractivity contribution in [3.8, 4) is 17.2 Å². The summed E-state index contributed by atoms with van der Waals surface area (Å²) in [7, 11) is 2.58. The van der Waals surface area contributed by atoms with Gasteiger partial charge in [-0.05, 0) is 42.0 Å². The summed E-state index contributed by atoms with van der Waals surface area (Å²) in [6.45, 7) is 0.217. The summed E-state index contributed by atoms with van der Waals surface area (Å²) in [6, 6.07) is 11.6. The Morgan fingerprint density at radius 3 is 2.04 bits per heavy atom. The third-order valence-corrected chi connectivity index (χ3v) is 5.44. The first kappa shape index (κ1) is 18.1. The van der Waals surface area contributed by atoms with E-state index in [-0.39, 0.29) is 11.4 Å². The molecule has 0 heterocycles. The number of nitrogens with zero attached hydrogens (tertiary/aromatic N) is 1. The van der Waals surface area contributed by atoms with Gasteiger partial charge in [-0.15, -0.1) is 0 Å². The van der Waals surface area contributed by atoms with Crippen LogP contribution >= 0.6 is 0 Å². The van der Waals surface area contributed by atoms with Crippen molar-refractivity contribution in [1.82, 2.24) is 4.31 Å². The summed E-state index contributed by atoms with van der Waals surface area (Å²) >= 11 is 0. The first-order valence-corrected chi connectivity index (χ1v) is 8.67. The summed E-state index contributed by atoms with van der Waals surface area (Å²) in [4.78, 5) is 0.214. The van der Waals surface area contributed by atoms with Crippen molar-refractivity contribution >= 4 is 10.0 Å². The second kappa shape index (κ2) is 7.55. The average Bonchev–Trinajstić information content (AvgIpc) is 2.61. The Bertz CT molecular complexity index is 787. The predicted octanol–water partition coefficient (Wildman–Crippen LogP) is 2.53. The van der Waals surface area contributed by atoms with Gasteiger partial charge in [-0.3, -0.25) is 0 Å². The number of rotatable bonds is 7. The molecule has 2 aromatic carbocycles. The first-order chi connectivity index (χ1) is 11.4. The molecule has 0 aliphatic carbocycles. The Labute approximate surface area is 142 Å². The van der Waals surface area contributed by atoms with Crippen LogP contribution in [0.4, 0.5) is 0 Å². The van der Waals surface area contributed by atoms with Crippen LogP contribution < -0.4 is 14.2 Å². The van der Waals surface area contributed by atoms with Crippen molar-refractivity contribution in [3.05, 3.63) is 48.0 Å². The fourth-order valence-corrected chi connectivity index (χ4v) is 3.41. The SMILES string of the molecule is COc1ccc(S(=O)(=O)N(C)Cc2ccc(OC)c(OC)c2)cc1. The van der Waals surface area contributed by atoms with E-state index in [9.17, 15) is 8.42 Å². The third kappa shape index (κ3) is 3.80. The maximum atomic E-state index is 12.6. The lowest BCUT2D eigenvalue weighted by atomic mass is 10.2. The van der Waals surface area contributed by atoms with Crippen LogP contribution in [-0.4, -0.2) is 41.1 Å². The van der Waals surface area contributed by atoms with Crippen LogP contribution in [0.15, 0.2) is 47.4 Å². The third-order valence-electron chi connectivity index (χ3n) is 3.62. The Balaban J connectivity index is 2.22. The van der Waals surface area contributed by atoms with Crippen LogP contribution in [0.2, 0.25) is 0 Å². The summed E-state index contributed by atoms with van der Waals surface area (Å²) in [5, 5.41) is 0. The molecule has 0 aliphatic heterocycles. The van der Waals surface area contributed by atoms with Crippen molar-refractivity contribution in [3.63, 3.8) is 0 Å². The largest absolute Gasteiger partial charge is 0.497 e. The molecule has 0 fully saturated rings. The normalized spacial score (nSPS) is 11.4. The summed E-state index contributed by atoms with van der Waals surface area (Å²) in [5.74, 6) is 1.77. The van der Waals surface area contributed by atoms with Gasteiger partial charge >= 0.3 is 0 Å². The monoisotopic (exact) mass is 351 g/mol. The van der Waals surface area contributed by atoms with E-state index in [4.69, 9.17) is 14.2 Å². The Morgan fingerprint density at radius 1 is 0.875 bits per heavy atom. The van der Waals surface area contributed by atoms with E-state index in [1.165, 1.54) is 30.6 Å².